The largest absolute Gasteiger partial charge is 0.509 e. The normalized spacial score (nSPS) is 27.9. The van der Waals surface area contributed by atoms with Crippen LogP contribution in [0, 0.1) is 11.8 Å². The molecule has 0 spiro atoms. The quantitative estimate of drug-likeness (QED) is 0.819. The van der Waals surface area contributed by atoms with Gasteiger partial charge < -0.3 is 10.2 Å². The number of allylic oxidation sites excluding steroid dienone is 1. The SMILES string of the molecule is O=C(CSc1ccccc1)C1=C(O)C(O)C2C1C2c1ccccc1. The van der Waals surface area contributed by atoms with Gasteiger partial charge >= 0.3 is 0 Å². The fourth-order valence-corrected chi connectivity index (χ4v) is 4.59. The van der Waals surface area contributed by atoms with Gasteiger partial charge in [0.15, 0.2) is 5.78 Å². The predicted octanol–water partition coefficient (Wildman–Crippen LogP) is 3.56. The van der Waals surface area contributed by atoms with E-state index in [-0.39, 0.29) is 35.0 Å². The first kappa shape index (κ1) is 15.5. The summed E-state index contributed by atoms with van der Waals surface area (Å²) in [6.07, 6.45) is -0.916. The van der Waals surface area contributed by atoms with Crippen LogP contribution in [0.25, 0.3) is 0 Å². The molecule has 3 nitrogen and oxygen atoms in total. The predicted molar refractivity (Wildman–Crippen MR) is 94.0 cm³/mol. The Labute approximate surface area is 145 Å². The molecule has 4 rings (SSSR count). The van der Waals surface area contributed by atoms with Crippen molar-refractivity contribution in [2.45, 2.75) is 16.9 Å². The van der Waals surface area contributed by atoms with Gasteiger partial charge in [0.05, 0.1) is 5.75 Å². The van der Waals surface area contributed by atoms with Crippen LogP contribution in [0.2, 0.25) is 0 Å². The Bertz CT molecular complexity index is 785. The van der Waals surface area contributed by atoms with E-state index in [9.17, 15) is 15.0 Å². The Balaban J connectivity index is 1.51. The van der Waals surface area contributed by atoms with Gasteiger partial charge in [-0.3, -0.25) is 4.79 Å². The van der Waals surface area contributed by atoms with Crippen LogP contribution in [-0.2, 0) is 4.79 Å². The lowest BCUT2D eigenvalue weighted by atomic mass is 9.99. The van der Waals surface area contributed by atoms with Crippen molar-refractivity contribution < 1.29 is 15.0 Å². The number of carbonyl (C=O) groups is 1. The highest BCUT2D eigenvalue weighted by Gasteiger charge is 2.63. The molecular formula is C20H18O3S. The third-order valence-corrected chi connectivity index (χ3v) is 5.94. The molecule has 2 aliphatic rings. The third-order valence-electron chi connectivity index (χ3n) is 4.93. The number of hydrogen-bond acceptors (Lipinski definition) is 4. The van der Waals surface area contributed by atoms with Crippen molar-refractivity contribution in [3.63, 3.8) is 0 Å². The van der Waals surface area contributed by atoms with E-state index >= 15 is 0 Å². The van der Waals surface area contributed by atoms with Crippen LogP contribution >= 0.6 is 11.8 Å². The summed E-state index contributed by atoms with van der Waals surface area (Å²) in [7, 11) is 0. The van der Waals surface area contributed by atoms with E-state index in [2.05, 4.69) is 0 Å². The van der Waals surface area contributed by atoms with Crippen LogP contribution in [0.15, 0.2) is 76.9 Å². The van der Waals surface area contributed by atoms with E-state index in [1.807, 2.05) is 60.7 Å². The maximum Gasteiger partial charge on any atom is 0.172 e. The van der Waals surface area contributed by atoms with Gasteiger partial charge in [0.25, 0.3) is 0 Å². The zero-order chi connectivity index (χ0) is 16.7. The lowest BCUT2D eigenvalue weighted by Crippen LogP contribution is -2.16. The molecule has 0 aromatic heterocycles. The second-order valence-corrected chi connectivity index (χ2v) is 7.36. The fourth-order valence-electron chi connectivity index (χ4n) is 3.79. The van der Waals surface area contributed by atoms with E-state index in [4.69, 9.17) is 0 Å². The standard InChI is InChI=1S/C20H18O3S/c21-14(11-24-13-9-5-2-6-10-13)16-17-15(12-7-3-1-4-8-12)18(17)20(23)19(16)22/h1-10,15,17-18,20,22-23H,11H2. The monoisotopic (exact) mass is 338 g/mol. The number of aliphatic hydroxyl groups excluding tert-OH is 2. The molecule has 2 aromatic carbocycles. The van der Waals surface area contributed by atoms with E-state index < -0.39 is 6.10 Å². The van der Waals surface area contributed by atoms with Crippen LogP contribution in [-0.4, -0.2) is 27.9 Å². The maximum absolute atomic E-state index is 12.6. The average Bonchev–Trinajstić information content (AvgIpc) is 3.29. The lowest BCUT2D eigenvalue weighted by Gasteiger charge is -2.12. The first-order valence-electron chi connectivity index (χ1n) is 8.05. The minimum Gasteiger partial charge on any atom is -0.509 e. The molecular weight excluding hydrogens is 320 g/mol. The van der Waals surface area contributed by atoms with Crippen molar-refractivity contribution in [1.29, 1.82) is 0 Å². The van der Waals surface area contributed by atoms with E-state index in [1.54, 1.807) is 0 Å². The zero-order valence-corrected chi connectivity index (χ0v) is 13.8. The number of aliphatic hydroxyl groups is 2. The minimum atomic E-state index is -0.916. The maximum atomic E-state index is 12.6. The average molecular weight is 338 g/mol. The van der Waals surface area contributed by atoms with Gasteiger partial charge in [0.2, 0.25) is 0 Å². The van der Waals surface area contributed by atoms with Crippen LogP contribution < -0.4 is 0 Å². The summed E-state index contributed by atoms with van der Waals surface area (Å²) in [4.78, 5) is 13.7. The number of Topliss-reactive ketones (excluding diaryl/α,β-unsaturated/α-hetero) is 1. The van der Waals surface area contributed by atoms with Crippen molar-refractivity contribution in [3.05, 3.63) is 77.6 Å². The molecule has 1 fully saturated rings. The zero-order valence-electron chi connectivity index (χ0n) is 13.0. The minimum absolute atomic E-state index is 0.0497. The second-order valence-electron chi connectivity index (χ2n) is 6.31. The van der Waals surface area contributed by atoms with Gasteiger partial charge in [-0.05, 0) is 23.6 Å². The van der Waals surface area contributed by atoms with Gasteiger partial charge in [-0.2, -0.15) is 0 Å². The van der Waals surface area contributed by atoms with E-state index in [1.165, 1.54) is 11.8 Å². The molecule has 0 amide bonds. The van der Waals surface area contributed by atoms with Gasteiger partial charge in [-0.25, -0.2) is 0 Å². The summed E-state index contributed by atoms with van der Waals surface area (Å²) in [6.45, 7) is 0. The van der Waals surface area contributed by atoms with Gasteiger partial charge in [0, 0.05) is 22.3 Å². The smallest absolute Gasteiger partial charge is 0.172 e. The Morgan fingerprint density at radius 1 is 0.958 bits per heavy atom. The first-order chi connectivity index (χ1) is 11.7. The molecule has 0 radical (unpaired) electrons. The summed E-state index contributed by atoms with van der Waals surface area (Å²) < 4.78 is 0. The molecule has 4 heteroatoms. The molecule has 4 atom stereocenters. The molecule has 0 saturated heterocycles. The topological polar surface area (TPSA) is 57.5 Å². The van der Waals surface area contributed by atoms with Gasteiger partial charge in [0.1, 0.15) is 11.9 Å². The van der Waals surface area contributed by atoms with Crippen molar-refractivity contribution in [1.82, 2.24) is 0 Å². The molecule has 2 aliphatic carbocycles. The highest BCUT2D eigenvalue weighted by molar-refractivity contribution is 8.00. The van der Waals surface area contributed by atoms with Gasteiger partial charge in [-0.15, -0.1) is 11.8 Å². The van der Waals surface area contributed by atoms with Crippen LogP contribution in [0.3, 0.4) is 0 Å². The van der Waals surface area contributed by atoms with Crippen molar-refractivity contribution in [2.24, 2.45) is 11.8 Å². The highest BCUT2D eigenvalue weighted by Crippen LogP contribution is 2.65. The Morgan fingerprint density at radius 3 is 2.25 bits per heavy atom. The summed E-state index contributed by atoms with van der Waals surface area (Å²) in [5.74, 6) is 0.111. The van der Waals surface area contributed by atoms with Crippen molar-refractivity contribution in [2.75, 3.05) is 5.75 Å². The summed E-state index contributed by atoms with van der Waals surface area (Å²) in [5, 5.41) is 20.5. The summed E-state index contributed by atoms with van der Waals surface area (Å²) in [5.41, 5.74) is 1.56. The number of fused-ring (bicyclic) bond motifs is 1. The van der Waals surface area contributed by atoms with Crippen molar-refractivity contribution in [3.8, 4) is 0 Å². The first-order valence-corrected chi connectivity index (χ1v) is 9.04. The number of benzene rings is 2. The molecule has 0 bridgehead atoms. The van der Waals surface area contributed by atoms with Crippen LogP contribution in [0.4, 0.5) is 0 Å². The Kier molecular flexibility index (Phi) is 3.94. The molecule has 0 heterocycles. The Morgan fingerprint density at radius 2 is 1.58 bits per heavy atom. The van der Waals surface area contributed by atoms with E-state index in [0.717, 1.165) is 10.5 Å². The second kappa shape index (κ2) is 6.11. The number of thioether (sulfide) groups is 1. The number of ketones is 1. The summed E-state index contributed by atoms with van der Waals surface area (Å²) >= 11 is 1.46. The third kappa shape index (κ3) is 2.56. The van der Waals surface area contributed by atoms with E-state index in [0.29, 0.717) is 5.57 Å². The van der Waals surface area contributed by atoms with Gasteiger partial charge in [-0.1, -0.05) is 48.5 Å². The number of carbonyl (C=O) groups excluding carboxylic acids is 1. The van der Waals surface area contributed by atoms with Crippen LogP contribution in [0.1, 0.15) is 11.5 Å². The molecule has 2 aromatic rings. The lowest BCUT2D eigenvalue weighted by molar-refractivity contribution is -0.113. The molecule has 2 N–H and O–H groups in total. The fraction of sp³-hybridized carbons (Fsp3) is 0.250. The molecule has 24 heavy (non-hydrogen) atoms. The number of hydrogen-bond donors (Lipinski definition) is 2. The molecule has 4 unspecified atom stereocenters. The highest BCUT2D eigenvalue weighted by atomic mass is 32.2. The Hall–Kier alpha value is -2.04. The molecule has 122 valence electrons. The van der Waals surface area contributed by atoms with Crippen LogP contribution in [0.5, 0.6) is 0 Å². The van der Waals surface area contributed by atoms with Crippen molar-refractivity contribution >= 4 is 17.5 Å². The molecule has 1 saturated carbocycles. The summed E-state index contributed by atoms with van der Waals surface area (Å²) in [6, 6.07) is 19.7. The molecule has 0 aliphatic heterocycles. The number of rotatable bonds is 5.